The van der Waals surface area contributed by atoms with Crippen molar-refractivity contribution < 1.29 is 31.5 Å². The van der Waals surface area contributed by atoms with Crippen LogP contribution in [-0.2, 0) is 14.8 Å². The molecule has 0 spiro atoms. The zero-order valence-corrected chi connectivity index (χ0v) is 21.1. The number of nitrogens with one attached hydrogen (secondary N) is 3. The molecule has 3 aromatic rings. The summed E-state index contributed by atoms with van der Waals surface area (Å²) in [5, 5.41) is 6.99. The number of hydrogen-bond acceptors (Lipinski definition) is 7. The molecule has 12 heteroatoms. The van der Waals surface area contributed by atoms with Gasteiger partial charge in [-0.1, -0.05) is 6.92 Å². The van der Waals surface area contributed by atoms with Crippen LogP contribution in [0.4, 0.5) is 25.1 Å². The number of fused-ring (bicyclic) bond motifs is 1. The minimum absolute atomic E-state index is 0.106. The number of methoxy groups -OCH3 is 2. The van der Waals surface area contributed by atoms with Gasteiger partial charge < -0.3 is 20.1 Å². The summed E-state index contributed by atoms with van der Waals surface area (Å²) < 4.78 is 66.7. The summed E-state index contributed by atoms with van der Waals surface area (Å²) in [6, 6.07) is 6.68. The fourth-order valence-electron chi connectivity index (χ4n) is 3.57. The SMILES string of the molecule is CCCS(=O)(=O)Nc1ccc(F)c(-c2cc3cnc(NCC(C)NC(=O)OC)cc3cc2OC)c1F. The molecule has 36 heavy (non-hydrogen) atoms. The summed E-state index contributed by atoms with van der Waals surface area (Å²) in [5.74, 6) is -1.42. The van der Waals surface area contributed by atoms with E-state index in [1.54, 1.807) is 26.0 Å². The summed E-state index contributed by atoms with van der Waals surface area (Å²) in [4.78, 5) is 15.6. The highest BCUT2D eigenvalue weighted by atomic mass is 32.2. The Kier molecular flexibility index (Phi) is 8.51. The average Bonchev–Trinajstić information content (AvgIpc) is 2.83. The lowest BCUT2D eigenvalue weighted by Crippen LogP contribution is -2.37. The Morgan fingerprint density at radius 1 is 1.14 bits per heavy atom. The second-order valence-corrected chi connectivity index (χ2v) is 9.93. The van der Waals surface area contributed by atoms with Crippen LogP contribution >= 0.6 is 0 Å². The molecule has 1 unspecified atom stereocenters. The Bertz CT molecular complexity index is 1370. The van der Waals surface area contributed by atoms with Crippen LogP contribution in [0.1, 0.15) is 20.3 Å². The van der Waals surface area contributed by atoms with E-state index in [2.05, 4.69) is 25.1 Å². The van der Waals surface area contributed by atoms with Crippen molar-refractivity contribution >= 4 is 38.4 Å². The van der Waals surface area contributed by atoms with Crippen LogP contribution in [0.15, 0.2) is 36.5 Å². The van der Waals surface area contributed by atoms with Gasteiger partial charge in [0, 0.05) is 29.7 Å². The minimum atomic E-state index is -3.78. The predicted molar refractivity (Wildman–Crippen MR) is 135 cm³/mol. The van der Waals surface area contributed by atoms with Crippen molar-refractivity contribution in [2.45, 2.75) is 26.3 Å². The molecule has 0 fully saturated rings. The number of hydrogen-bond donors (Lipinski definition) is 3. The van der Waals surface area contributed by atoms with E-state index in [1.165, 1.54) is 26.5 Å². The second-order valence-electron chi connectivity index (χ2n) is 8.09. The molecule has 1 aromatic heterocycles. The smallest absolute Gasteiger partial charge is 0.407 e. The molecule has 1 amide bonds. The van der Waals surface area contributed by atoms with Crippen LogP contribution in [0.2, 0.25) is 0 Å². The molecule has 0 aliphatic carbocycles. The summed E-state index contributed by atoms with van der Waals surface area (Å²) in [6.07, 6.45) is 1.33. The fraction of sp³-hybridized carbons (Fsp3) is 0.333. The number of anilines is 2. The van der Waals surface area contributed by atoms with Crippen molar-refractivity contribution in [3.8, 4) is 16.9 Å². The van der Waals surface area contributed by atoms with E-state index < -0.39 is 33.3 Å². The van der Waals surface area contributed by atoms with Crippen molar-refractivity contribution in [3.63, 3.8) is 0 Å². The number of carbonyl (C=O) groups is 1. The summed E-state index contributed by atoms with van der Waals surface area (Å²) in [7, 11) is -1.14. The first kappa shape index (κ1) is 26.9. The lowest BCUT2D eigenvalue weighted by atomic mass is 9.99. The highest BCUT2D eigenvalue weighted by Crippen LogP contribution is 2.39. The van der Waals surface area contributed by atoms with E-state index in [9.17, 15) is 17.6 Å². The number of halogens is 2. The van der Waals surface area contributed by atoms with E-state index >= 15 is 4.39 Å². The number of sulfonamides is 1. The Morgan fingerprint density at radius 3 is 2.56 bits per heavy atom. The summed E-state index contributed by atoms with van der Waals surface area (Å²) >= 11 is 0. The molecule has 0 saturated carbocycles. The lowest BCUT2D eigenvalue weighted by Gasteiger charge is -2.16. The number of aromatic nitrogens is 1. The van der Waals surface area contributed by atoms with E-state index in [-0.39, 0.29) is 28.8 Å². The first-order valence-corrected chi connectivity index (χ1v) is 12.8. The van der Waals surface area contributed by atoms with Crippen molar-refractivity contribution in [2.75, 3.05) is 36.6 Å². The van der Waals surface area contributed by atoms with Gasteiger partial charge in [0.2, 0.25) is 10.0 Å². The maximum atomic E-state index is 15.4. The van der Waals surface area contributed by atoms with E-state index in [0.29, 0.717) is 29.6 Å². The second kappa shape index (κ2) is 11.4. The van der Waals surface area contributed by atoms with Crippen molar-refractivity contribution in [3.05, 3.63) is 48.2 Å². The zero-order chi connectivity index (χ0) is 26.5. The van der Waals surface area contributed by atoms with Crippen molar-refractivity contribution in [2.24, 2.45) is 0 Å². The average molecular weight is 523 g/mol. The van der Waals surface area contributed by atoms with E-state index in [1.807, 2.05) is 0 Å². The molecule has 0 aliphatic heterocycles. The van der Waals surface area contributed by atoms with Crippen LogP contribution in [0.3, 0.4) is 0 Å². The number of ether oxygens (including phenoxy) is 2. The highest BCUT2D eigenvalue weighted by molar-refractivity contribution is 7.92. The number of carbonyl (C=O) groups excluding carboxylic acids is 1. The molecule has 1 heterocycles. The molecule has 3 rings (SSSR count). The summed E-state index contributed by atoms with van der Waals surface area (Å²) in [5.41, 5.74) is -0.667. The molecule has 2 aromatic carbocycles. The lowest BCUT2D eigenvalue weighted by molar-refractivity contribution is 0.168. The zero-order valence-electron chi connectivity index (χ0n) is 20.3. The van der Waals surface area contributed by atoms with Gasteiger partial charge in [0.1, 0.15) is 17.4 Å². The van der Waals surface area contributed by atoms with Gasteiger partial charge in [0.15, 0.2) is 5.82 Å². The Labute approximate surface area is 208 Å². The molecule has 0 bridgehead atoms. The Hall–Kier alpha value is -3.67. The molecule has 194 valence electrons. The number of rotatable bonds is 10. The van der Waals surface area contributed by atoms with Crippen LogP contribution in [0, 0.1) is 11.6 Å². The fourth-order valence-corrected chi connectivity index (χ4v) is 4.70. The monoisotopic (exact) mass is 522 g/mol. The summed E-state index contributed by atoms with van der Waals surface area (Å²) in [6.45, 7) is 3.85. The first-order chi connectivity index (χ1) is 17.1. The van der Waals surface area contributed by atoms with Crippen LogP contribution in [-0.4, -0.2) is 52.1 Å². The molecular formula is C24H28F2N4O5S. The van der Waals surface area contributed by atoms with Gasteiger partial charge in [-0.15, -0.1) is 0 Å². The number of amides is 1. The quantitative estimate of drug-likeness (QED) is 0.359. The molecule has 0 radical (unpaired) electrons. The number of alkyl carbamates (subject to hydrolysis) is 1. The third kappa shape index (κ3) is 6.30. The Balaban J connectivity index is 1.97. The van der Waals surface area contributed by atoms with E-state index in [0.717, 1.165) is 12.1 Å². The van der Waals surface area contributed by atoms with Gasteiger partial charge in [-0.05, 0) is 49.1 Å². The van der Waals surface area contributed by atoms with Gasteiger partial charge in [-0.3, -0.25) is 4.72 Å². The molecule has 0 aliphatic rings. The molecule has 3 N–H and O–H groups in total. The van der Waals surface area contributed by atoms with Crippen LogP contribution in [0.25, 0.3) is 21.9 Å². The number of benzene rings is 2. The topological polar surface area (TPSA) is 119 Å². The van der Waals surface area contributed by atoms with Crippen LogP contribution in [0.5, 0.6) is 5.75 Å². The molecule has 9 nitrogen and oxygen atoms in total. The predicted octanol–water partition coefficient (Wildman–Crippen LogP) is 4.50. The van der Waals surface area contributed by atoms with Gasteiger partial charge in [0.05, 0.1) is 31.2 Å². The standard InChI is InChI=1S/C24H28F2N4O5S/c1-5-8-36(32,33)30-19-7-6-18(25)22(23(19)26)17-9-16-13-28-21(11-15(16)10-20(17)34-3)27-12-14(2)29-24(31)35-4/h6-7,9-11,13-14,30H,5,8,12H2,1-4H3,(H,27,28)(H,29,31). The highest BCUT2D eigenvalue weighted by Gasteiger charge is 2.22. The van der Waals surface area contributed by atoms with E-state index in [4.69, 9.17) is 4.74 Å². The maximum absolute atomic E-state index is 15.4. The van der Waals surface area contributed by atoms with Gasteiger partial charge in [-0.2, -0.15) is 0 Å². The molecular weight excluding hydrogens is 494 g/mol. The number of pyridine rings is 1. The minimum Gasteiger partial charge on any atom is -0.496 e. The largest absolute Gasteiger partial charge is 0.496 e. The maximum Gasteiger partial charge on any atom is 0.407 e. The van der Waals surface area contributed by atoms with Crippen molar-refractivity contribution in [1.29, 1.82) is 0 Å². The first-order valence-electron chi connectivity index (χ1n) is 11.1. The third-order valence-corrected chi connectivity index (χ3v) is 6.75. The molecule has 1 atom stereocenters. The third-order valence-electron chi connectivity index (χ3n) is 5.28. The van der Waals surface area contributed by atoms with Crippen molar-refractivity contribution in [1.82, 2.24) is 10.3 Å². The Morgan fingerprint density at radius 2 is 1.89 bits per heavy atom. The number of nitrogens with zero attached hydrogens (tertiary/aromatic N) is 1. The van der Waals surface area contributed by atoms with Crippen LogP contribution < -0.4 is 20.1 Å². The normalized spacial score (nSPS) is 12.2. The van der Waals surface area contributed by atoms with Gasteiger partial charge in [-0.25, -0.2) is 27.0 Å². The van der Waals surface area contributed by atoms with Gasteiger partial charge in [0.25, 0.3) is 0 Å². The van der Waals surface area contributed by atoms with Gasteiger partial charge >= 0.3 is 6.09 Å². The molecule has 0 saturated heterocycles.